The molecule has 20 heavy (non-hydrogen) atoms. The monoisotopic (exact) mass is 280 g/mol. The van der Waals surface area contributed by atoms with Crippen molar-refractivity contribution in [2.45, 2.75) is 32.3 Å². The number of hydrogen-bond acceptors (Lipinski definition) is 3. The van der Waals surface area contributed by atoms with E-state index in [1.807, 2.05) is 33.2 Å². The minimum atomic E-state index is -0.882. The molecule has 0 radical (unpaired) electrons. The Bertz CT molecular complexity index is 473. The number of ether oxygens (including phenoxy) is 1. The summed E-state index contributed by atoms with van der Waals surface area (Å²) in [6.45, 7) is 5.38. The van der Waals surface area contributed by atoms with Crippen LogP contribution in [-0.2, 0) is 11.8 Å². The molecule has 0 aromatic carbocycles. The second-order valence-corrected chi connectivity index (χ2v) is 6.26. The van der Waals surface area contributed by atoms with Gasteiger partial charge in [0.2, 0.25) is 0 Å². The van der Waals surface area contributed by atoms with Crippen LogP contribution in [0.4, 0.5) is 0 Å². The van der Waals surface area contributed by atoms with E-state index >= 15 is 0 Å². The number of carbonyl (C=O) groups is 1. The van der Waals surface area contributed by atoms with Crippen LogP contribution in [0.2, 0.25) is 0 Å². The Kier molecular flexibility index (Phi) is 4.20. The predicted molar refractivity (Wildman–Crippen MR) is 76.5 cm³/mol. The number of aromatic nitrogens is 1. The second kappa shape index (κ2) is 5.58. The highest BCUT2D eigenvalue weighted by Crippen LogP contribution is 2.36. The fourth-order valence-corrected chi connectivity index (χ4v) is 2.57. The lowest BCUT2D eigenvalue weighted by Crippen LogP contribution is -2.55. The molecule has 5 nitrogen and oxygen atoms in total. The average Bonchev–Trinajstić information content (AvgIpc) is 2.83. The average molecular weight is 280 g/mol. The molecule has 1 atom stereocenters. The maximum atomic E-state index is 12.1. The van der Waals surface area contributed by atoms with Crippen molar-refractivity contribution in [3.63, 3.8) is 0 Å². The highest BCUT2D eigenvalue weighted by atomic mass is 16.5. The minimum Gasteiger partial charge on any atom is -0.387 e. The third kappa shape index (κ3) is 2.88. The smallest absolute Gasteiger partial charge is 0.267 e. The highest BCUT2D eigenvalue weighted by Gasteiger charge is 2.44. The summed E-state index contributed by atoms with van der Waals surface area (Å²) in [5.41, 5.74) is -0.700. The maximum absolute atomic E-state index is 12.1. The molecule has 0 saturated carbocycles. The van der Waals surface area contributed by atoms with E-state index in [4.69, 9.17) is 4.74 Å². The molecule has 1 aliphatic rings. The van der Waals surface area contributed by atoms with Gasteiger partial charge in [-0.3, -0.25) is 4.79 Å². The minimum absolute atomic E-state index is 0.120. The Morgan fingerprint density at radius 1 is 1.60 bits per heavy atom. The standard InChI is InChI=1S/C15H24N2O3/c1-14(2,15(19)7-5-9-20-11-15)10-16-13(18)12-6-4-8-17(12)3/h4,6,8,19H,5,7,9-11H2,1-3H3,(H,16,18)/t15-/m0/s1. The molecule has 1 fully saturated rings. The second-order valence-electron chi connectivity index (χ2n) is 6.26. The summed E-state index contributed by atoms with van der Waals surface area (Å²) >= 11 is 0. The first-order chi connectivity index (χ1) is 9.36. The van der Waals surface area contributed by atoms with Crippen molar-refractivity contribution in [2.24, 2.45) is 12.5 Å². The van der Waals surface area contributed by atoms with E-state index in [9.17, 15) is 9.90 Å². The van der Waals surface area contributed by atoms with Crippen LogP contribution < -0.4 is 5.32 Å². The molecule has 112 valence electrons. The van der Waals surface area contributed by atoms with Gasteiger partial charge in [0.1, 0.15) is 5.69 Å². The van der Waals surface area contributed by atoms with Crippen molar-refractivity contribution in [1.29, 1.82) is 0 Å². The lowest BCUT2D eigenvalue weighted by Gasteiger charge is -2.44. The molecule has 2 N–H and O–H groups in total. The molecule has 2 rings (SSSR count). The Hall–Kier alpha value is -1.33. The zero-order chi connectivity index (χ0) is 14.8. The van der Waals surface area contributed by atoms with E-state index in [0.29, 0.717) is 31.9 Å². The van der Waals surface area contributed by atoms with Gasteiger partial charge in [-0.2, -0.15) is 0 Å². The van der Waals surface area contributed by atoms with E-state index in [1.165, 1.54) is 0 Å². The summed E-state index contributed by atoms with van der Waals surface area (Å²) in [4.78, 5) is 12.1. The third-order valence-electron chi connectivity index (χ3n) is 4.35. The fraction of sp³-hybridized carbons (Fsp3) is 0.667. The molecular weight excluding hydrogens is 256 g/mol. The van der Waals surface area contributed by atoms with Crippen molar-refractivity contribution in [1.82, 2.24) is 9.88 Å². The van der Waals surface area contributed by atoms with Crippen LogP contribution in [0, 0.1) is 5.41 Å². The SMILES string of the molecule is Cn1cccc1C(=O)NCC(C)(C)[C@]1(O)CCCOC1. The number of hydrogen-bond donors (Lipinski definition) is 2. The highest BCUT2D eigenvalue weighted by molar-refractivity contribution is 5.92. The summed E-state index contributed by atoms with van der Waals surface area (Å²) in [6.07, 6.45) is 3.40. The molecule has 0 bridgehead atoms. The molecule has 1 saturated heterocycles. The topological polar surface area (TPSA) is 63.5 Å². The lowest BCUT2D eigenvalue weighted by molar-refractivity contribution is -0.148. The number of nitrogens with one attached hydrogen (secondary N) is 1. The lowest BCUT2D eigenvalue weighted by atomic mass is 9.72. The first-order valence-corrected chi connectivity index (χ1v) is 7.05. The van der Waals surface area contributed by atoms with Gasteiger partial charge in [0, 0.05) is 31.8 Å². The summed E-state index contributed by atoms with van der Waals surface area (Å²) in [5, 5.41) is 13.6. The number of carbonyl (C=O) groups excluding carboxylic acids is 1. The zero-order valence-corrected chi connectivity index (χ0v) is 12.5. The van der Waals surface area contributed by atoms with E-state index in [2.05, 4.69) is 5.32 Å². The number of nitrogens with zero attached hydrogens (tertiary/aromatic N) is 1. The fourth-order valence-electron chi connectivity index (χ4n) is 2.57. The van der Waals surface area contributed by atoms with Gasteiger partial charge in [0.05, 0.1) is 12.2 Å². The van der Waals surface area contributed by atoms with E-state index in [1.54, 1.807) is 10.6 Å². The molecule has 2 heterocycles. The summed E-state index contributed by atoms with van der Waals surface area (Å²) in [6, 6.07) is 3.61. The molecule has 0 unspecified atom stereocenters. The van der Waals surface area contributed by atoms with Crippen LogP contribution in [0.5, 0.6) is 0 Å². The molecule has 0 spiro atoms. The molecule has 5 heteroatoms. The van der Waals surface area contributed by atoms with Crippen LogP contribution in [-0.4, -0.2) is 40.9 Å². The largest absolute Gasteiger partial charge is 0.387 e. The van der Waals surface area contributed by atoms with Crippen LogP contribution in [0.25, 0.3) is 0 Å². The predicted octanol–water partition coefficient (Wildman–Crippen LogP) is 1.32. The van der Waals surface area contributed by atoms with Gasteiger partial charge < -0.3 is 19.7 Å². The van der Waals surface area contributed by atoms with E-state index in [0.717, 1.165) is 6.42 Å². The molecule has 1 aromatic heterocycles. The Labute approximate surface area is 119 Å². The zero-order valence-electron chi connectivity index (χ0n) is 12.5. The molecule has 1 amide bonds. The Morgan fingerprint density at radius 2 is 2.35 bits per heavy atom. The number of rotatable bonds is 4. The summed E-state index contributed by atoms with van der Waals surface area (Å²) < 4.78 is 7.18. The van der Waals surface area contributed by atoms with Crippen molar-refractivity contribution in [3.05, 3.63) is 24.0 Å². The quantitative estimate of drug-likeness (QED) is 0.874. The van der Waals surface area contributed by atoms with Gasteiger partial charge in [0.25, 0.3) is 5.91 Å². The first kappa shape index (κ1) is 15.1. The summed E-state index contributed by atoms with van der Waals surface area (Å²) in [7, 11) is 1.84. The maximum Gasteiger partial charge on any atom is 0.267 e. The number of aliphatic hydroxyl groups is 1. The first-order valence-electron chi connectivity index (χ1n) is 7.05. The van der Waals surface area contributed by atoms with Crippen LogP contribution >= 0.6 is 0 Å². The number of aryl methyl sites for hydroxylation is 1. The molecule has 1 aliphatic heterocycles. The Balaban J connectivity index is 1.98. The molecular formula is C15H24N2O3. The third-order valence-corrected chi connectivity index (χ3v) is 4.35. The van der Waals surface area contributed by atoms with Crippen molar-refractivity contribution < 1.29 is 14.6 Å². The summed E-state index contributed by atoms with van der Waals surface area (Å²) in [5.74, 6) is -0.120. The van der Waals surface area contributed by atoms with Gasteiger partial charge in [-0.1, -0.05) is 13.8 Å². The van der Waals surface area contributed by atoms with Crippen LogP contribution in [0.1, 0.15) is 37.2 Å². The van der Waals surface area contributed by atoms with Crippen molar-refractivity contribution >= 4 is 5.91 Å². The van der Waals surface area contributed by atoms with Gasteiger partial charge in [0.15, 0.2) is 0 Å². The van der Waals surface area contributed by atoms with Gasteiger partial charge in [-0.25, -0.2) is 0 Å². The molecule has 0 aliphatic carbocycles. The van der Waals surface area contributed by atoms with Gasteiger partial charge >= 0.3 is 0 Å². The van der Waals surface area contributed by atoms with E-state index in [-0.39, 0.29) is 5.91 Å². The van der Waals surface area contributed by atoms with Crippen molar-refractivity contribution in [3.8, 4) is 0 Å². The van der Waals surface area contributed by atoms with Crippen molar-refractivity contribution in [2.75, 3.05) is 19.8 Å². The van der Waals surface area contributed by atoms with Crippen LogP contribution in [0.3, 0.4) is 0 Å². The van der Waals surface area contributed by atoms with E-state index < -0.39 is 11.0 Å². The van der Waals surface area contributed by atoms with Crippen LogP contribution in [0.15, 0.2) is 18.3 Å². The van der Waals surface area contributed by atoms with Gasteiger partial charge in [-0.05, 0) is 25.0 Å². The number of amides is 1. The Morgan fingerprint density at radius 3 is 2.90 bits per heavy atom. The normalized spacial score (nSPS) is 23.6. The molecule has 1 aromatic rings. The van der Waals surface area contributed by atoms with Gasteiger partial charge in [-0.15, -0.1) is 0 Å².